The lowest BCUT2D eigenvalue weighted by molar-refractivity contribution is -0.125. The Bertz CT molecular complexity index is 721. The highest BCUT2D eigenvalue weighted by Crippen LogP contribution is 2.42. The number of hydrogen-bond acceptors (Lipinski definition) is 4. The minimum absolute atomic E-state index is 0.0174. The fourth-order valence-electron chi connectivity index (χ4n) is 3.68. The molecule has 2 fully saturated rings. The Kier molecular flexibility index (Phi) is 6.65. The Labute approximate surface area is 173 Å². The maximum atomic E-state index is 13.0. The molecule has 1 aromatic rings. The summed E-state index contributed by atoms with van der Waals surface area (Å²) in [5, 5.41) is 7.24. The van der Waals surface area contributed by atoms with Gasteiger partial charge in [-0.15, -0.1) is 0 Å². The SMILES string of the molecule is COc1cccc([C@H]2CN(C(=S)NC3CC3)C[C@H]2C(=O)NCC(C)C)c1OC. The molecule has 7 heteroatoms. The smallest absolute Gasteiger partial charge is 0.225 e. The zero-order chi connectivity index (χ0) is 20.3. The molecule has 1 saturated carbocycles. The van der Waals surface area contributed by atoms with Gasteiger partial charge in [-0.25, -0.2) is 0 Å². The summed E-state index contributed by atoms with van der Waals surface area (Å²) in [7, 11) is 3.27. The Hall–Kier alpha value is -2.02. The van der Waals surface area contributed by atoms with Crippen LogP contribution in [0.15, 0.2) is 18.2 Å². The quantitative estimate of drug-likeness (QED) is 0.680. The van der Waals surface area contributed by atoms with Gasteiger partial charge in [0, 0.05) is 37.2 Å². The first-order chi connectivity index (χ1) is 13.4. The van der Waals surface area contributed by atoms with Gasteiger partial charge >= 0.3 is 0 Å². The summed E-state index contributed by atoms with van der Waals surface area (Å²) in [6, 6.07) is 6.34. The maximum Gasteiger partial charge on any atom is 0.225 e. The highest BCUT2D eigenvalue weighted by atomic mass is 32.1. The van der Waals surface area contributed by atoms with Gasteiger partial charge in [-0.05, 0) is 37.0 Å². The van der Waals surface area contributed by atoms with Gasteiger partial charge in [0.25, 0.3) is 0 Å². The summed E-state index contributed by atoms with van der Waals surface area (Å²) < 4.78 is 11.1. The summed E-state index contributed by atoms with van der Waals surface area (Å²) in [6.45, 7) is 6.15. The van der Waals surface area contributed by atoms with Crippen LogP contribution in [0.5, 0.6) is 11.5 Å². The molecule has 28 heavy (non-hydrogen) atoms. The van der Waals surface area contributed by atoms with Crippen LogP contribution in [0.25, 0.3) is 0 Å². The summed E-state index contributed by atoms with van der Waals surface area (Å²) in [5.41, 5.74) is 0.989. The molecule has 0 unspecified atom stereocenters. The van der Waals surface area contributed by atoms with Crippen molar-refractivity contribution in [3.63, 3.8) is 0 Å². The number of para-hydroxylation sites is 1. The number of thiocarbonyl (C=S) groups is 1. The molecular weight excluding hydrogens is 374 g/mol. The van der Waals surface area contributed by atoms with Crippen LogP contribution in [0, 0.1) is 11.8 Å². The van der Waals surface area contributed by atoms with E-state index in [-0.39, 0.29) is 17.7 Å². The van der Waals surface area contributed by atoms with E-state index in [0.29, 0.717) is 43.1 Å². The van der Waals surface area contributed by atoms with Crippen molar-refractivity contribution in [2.75, 3.05) is 33.9 Å². The van der Waals surface area contributed by atoms with Crippen LogP contribution in [-0.4, -0.2) is 55.8 Å². The minimum Gasteiger partial charge on any atom is -0.493 e. The van der Waals surface area contributed by atoms with Crippen molar-refractivity contribution in [1.29, 1.82) is 0 Å². The first-order valence-electron chi connectivity index (χ1n) is 9.98. The average molecular weight is 406 g/mol. The maximum absolute atomic E-state index is 13.0. The van der Waals surface area contributed by atoms with Crippen molar-refractivity contribution >= 4 is 23.2 Å². The van der Waals surface area contributed by atoms with Gasteiger partial charge in [0.15, 0.2) is 16.6 Å². The molecule has 6 nitrogen and oxygen atoms in total. The van der Waals surface area contributed by atoms with Crippen molar-refractivity contribution in [2.45, 2.75) is 38.6 Å². The fourth-order valence-corrected chi connectivity index (χ4v) is 4.00. The second-order valence-corrected chi connectivity index (χ2v) is 8.45. The molecule has 0 radical (unpaired) electrons. The Morgan fingerprint density at radius 3 is 2.61 bits per heavy atom. The van der Waals surface area contributed by atoms with Crippen LogP contribution in [0.1, 0.15) is 38.2 Å². The molecule has 1 heterocycles. The third-order valence-corrected chi connectivity index (χ3v) is 5.74. The lowest BCUT2D eigenvalue weighted by Crippen LogP contribution is -2.41. The molecule has 154 valence electrons. The summed E-state index contributed by atoms with van der Waals surface area (Å²) in [4.78, 5) is 15.1. The number of amides is 1. The third kappa shape index (κ3) is 4.69. The molecule has 1 aliphatic carbocycles. The molecule has 1 amide bonds. The largest absolute Gasteiger partial charge is 0.493 e. The lowest BCUT2D eigenvalue weighted by atomic mass is 9.87. The fraction of sp³-hybridized carbons (Fsp3) is 0.619. The summed E-state index contributed by atoms with van der Waals surface area (Å²) >= 11 is 5.62. The van der Waals surface area contributed by atoms with Crippen LogP contribution in [0.3, 0.4) is 0 Å². The molecule has 0 spiro atoms. The van der Waals surface area contributed by atoms with E-state index in [0.717, 1.165) is 10.7 Å². The predicted molar refractivity (Wildman–Crippen MR) is 114 cm³/mol. The van der Waals surface area contributed by atoms with E-state index in [2.05, 4.69) is 29.4 Å². The Balaban J connectivity index is 1.86. The van der Waals surface area contributed by atoms with Gasteiger partial charge in [0.2, 0.25) is 5.91 Å². The van der Waals surface area contributed by atoms with Gasteiger partial charge in [0.1, 0.15) is 0 Å². The van der Waals surface area contributed by atoms with Crippen molar-refractivity contribution in [3.8, 4) is 11.5 Å². The van der Waals surface area contributed by atoms with E-state index in [9.17, 15) is 4.79 Å². The van der Waals surface area contributed by atoms with E-state index in [4.69, 9.17) is 21.7 Å². The van der Waals surface area contributed by atoms with Crippen LogP contribution in [0.4, 0.5) is 0 Å². The van der Waals surface area contributed by atoms with Gasteiger partial charge in [-0.3, -0.25) is 4.79 Å². The van der Waals surface area contributed by atoms with E-state index < -0.39 is 0 Å². The number of nitrogens with zero attached hydrogens (tertiary/aromatic N) is 1. The van der Waals surface area contributed by atoms with Gasteiger partial charge in [-0.2, -0.15) is 0 Å². The normalized spacial score (nSPS) is 21.5. The number of likely N-dealkylation sites (tertiary alicyclic amines) is 1. The third-order valence-electron chi connectivity index (χ3n) is 5.37. The van der Waals surface area contributed by atoms with Crippen LogP contribution in [0.2, 0.25) is 0 Å². The number of benzene rings is 1. The number of nitrogens with one attached hydrogen (secondary N) is 2. The molecule has 1 aliphatic heterocycles. The zero-order valence-electron chi connectivity index (χ0n) is 17.2. The topological polar surface area (TPSA) is 62.8 Å². The van der Waals surface area contributed by atoms with Crippen molar-refractivity contribution in [2.24, 2.45) is 11.8 Å². The van der Waals surface area contributed by atoms with E-state index >= 15 is 0 Å². The van der Waals surface area contributed by atoms with Crippen LogP contribution < -0.4 is 20.1 Å². The van der Waals surface area contributed by atoms with Crippen molar-refractivity contribution < 1.29 is 14.3 Å². The second kappa shape index (κ2) is 8.99. The molecule has 1 aromatic carbocycles. The first kappa shape index (κ1) is 20.7. The van der Waals surface area contributed by atoms with Gasteiger partial charge in [-0.1, -0.05) is 26.0 Å². The Morgan fingerprint density at radius 1 is 1.25 bits per heavy atom. The average Bonchev–Trinajstić information content (AvgIpc) is 3.39. The molecular formula is C21H31N3O3S. The predicted octanol–water partition coefficient (Wildman–Crippen LogP) is 2.53. The number of rotatable bonds is 7. The monoisotopic (exact) mass is 405 g/mol. The minimum atomic E-state index is -0.196. The number of carbonyl (C=O) groups is 1. The lowest BCUT2D eigenvalue weighted by Gasteiger charge is -2.22. The summed E-state index contributed by atoms with van der Waals surface area (Å²) in [6.07, 6.45) is 2.33. The summed E-state index contributed by atoms with van der Waals surface area (Å²) in [5.74, 6) is 1.64. The Morgan fingerprint density at radius 2 is 2.00 bits per heavy atom. The number of ether oxygens (including phenoxy) is 2. The molecule has 0 bridgehead atoms. The first-order valence-corrected chi connectivity index (χ1v) is 10.4. The molecule has 2 N–H and O–H groups in total. The number of hydrogen-bond donors (Lipinski definition) is 2. The molecule has 1 saturated heterocycles. The molecule has 0 aromatic heterocycles. The number of carbonyl (C=O) groups excluding carboxylic acids is 1. The molecule has 3 rings (SSSR count). The van der Waals surface area contributed by atoms with E-state index in [1.54, 1.807) is 14.2 Å². The highest BCUT2D eigenvalue weighted by Gasteiger charge is 2.41. The van der Waals surface area contributed by atoms with Crippen molar-refractivity contribution in [1.82, 2.24) is 15.5 Å². The van der Waals surface area contributed by atoms with Crippen LogP contribution in [-0.2, 0) is 4.79 Å². The highest BCUT2D eigenvalue weighted by molar-refractivity contribution is 7.80. The molecule has 2 aliphatic rings. The zero-order valence-corrected chi connectivity index (χ0v) is 18.0. The standard InChI is InChI=1S/C21H31N3O3S/c1-13(2)10-22-20(25)17-12-24(21(28)23-14-8-9-14)11-16(17)15-6-5-7-18(26-3)19(15)27-4/h5-7,13-14,16-17H,8-12H2,1-4H3,(H,22,25)(H,23,28)/t16-,17-/m1/s1. The van der Waals surface area contributed by atoms with Crippen molar-refractivity contribution in [3.05, 3.63) is 23.8 Å². The molecule has 2 atom stereocenters. The van der Waals surface area contributed by atoms with E-state index in [1.807, 2.05) is 18.2 Å². The van der Waals surface area contributed by atoms with Gasteiger partial charge in [0.05, 0.1) is 20.1 Å². The van der Waals surface area contributed by atoms with Gasteiger partial charge < -0.3 is 25.0 Å². The van der Waals surface area contributed by atoms with Crippen LogP contribution >= 0.6 is 12.2 Å². The number of methoxy groups -OCH3 is 2. The second-order valence-electron chi connectivity index (χ2n) is 8.06. The van der Waals surface area contributed by atoms with E-state index in [1.165, 1.54) is 12.8 Å².